The van der Waals surface area contributed by atoms with E-state index < -0.39 is 0 Å². The maximum absolute atomic E-state index is 12.9. The third-order valence-electron chi connectivity index (χ3n) is 3.83. The van der Waals surface area contributed by atoms with Crippen LogP contribution in [0.25, 0.3) is 6.08 Å². The first-order valence-electron chi connectivity index (χ1n) is 6.63. The van der Waals surface area contributed by atoms with Crippen molar-refractivity contribution in [3.05, 3.63) is 75.6 Å². The van der Waals surface area contributed by atoms with Crippen molar-refractivity contribution in [3.8, 4) is 6.07 Å². The number of benzene rings is 2. The summed E-state index contributed by atoms with van der Waals surface area (Å²) in [6.07, 6.45) is 2.31. The van der Waals surface area contributed by atoms with E-state index in [2.05, 4.69) is 6.07 Å². The molecule has 2 aromatic rings. The lowest BCUT2D eigenvalue weighted by molar-refractivity contribution is 0.104. The average molecular weight is 277 g/mol. The van der Waals surface area contributed by atoms with E-state index in [0.29, 0.717) is 23.1 Å². The second-order valence-electron chi connectivity index (χ2n) is 5.10. The molecule has 2 nitrogen and oxygen atoms in total. The SMILES string of the molecule is Cc1c(C#N)ccc2c1C/C(=C\c1ccc(F)cc1)C2=O. The standard InChI is InChI=1S/C18H12FNO/c1-11-13(10-20)4-7-16-17(11)9-14(18(16)21)8-12-2-5-15(19)6-3-12/h2-8H,9H2,1H3/b14-8+. The topological polar surface area (TPSA) is 40.9 Å². The Morgan fingerprint density at radius 2 is 1.90 bits per heavy atom. The van der Waals surface area contributed by atoms with E-state index in [0.717, 1.165) is 16.7 Å². The molecule has 0 heterocycles. The van der Waals surface area contributed by atoms with Gasteiger partial charge < -0.3 is 0 Å². The molecule has 0 saturated heterocycles. The van der Waals surface area contributed by atoms with Crippen LogP contribution in [-0.2, 0) is 6.42 Å². The molecule has 0 atom stereocenters. The summed E-state index contributed by atoms with van der Waals surface area (Å²) in [5.74, 6) is -0.311. The molecule has 0 radical (unpaired) electrons. The van der Waals surface area contributed by atoms with Gasteiger partial charge in [0.1, 0.15) is 5.82 Å². The number of nitrogens with zero attached hydrogens (tertiary/aromatic N) is 1. The predicted molar refractivity (Wildman–Crippen MR) is 78.3 cm³/mol. The monoisotopic (exact) mass is 277 g/mol. The second-order valence-corrected chi connectivity index (χ2v) is 5.10. The van der Waals surface area contributed by atoms with Gasteiger partial charge in [0, 0.05) is 17.6 Å². The lowest BCUT2D eigenvalue weighted by atomic mass is 9.99. The van der Waals surface area contributed by atoms with E-state index in [1.807, 2.05) is 6.92 Å². The molecule has 0 spiro atoms. The van der Waals surface area contributed by atoms with Crippen LogP contribution in [0.3, 0.4) is 0 Å². The van der Waals surface area contributed by atoms with Gasteiger partial charge in [0.25, 0.3) is 0 Å². The Hall–Kier alpha value is -2.73. The molecular formula is C18H12FNO. The van der Waals surface area contributed by atoms with Crippen LogP contribution in [0.5, 0.6) is 0 Å². The van der Waals surface area contributed by atoms with Gasteiger partial charge in [-0.2, -0.15) is 5.26 Å². The van der Waals surface area contributed by atoms with E-state index in [9.17, 15) is 9.18 Å². The normalized spacial score (nSPS) is 15.1. The van der Waals surface area contributed by atoms with Gasteiger partial charge in [0.2, 0.25) is 0 Å². The zero-order chi connectivity index (χ0) is 15.0. The summed E-state index contributed by atoms with van der Waals surface area (Å²) >= 11 is 0. The smallest absolute Gasteiger partial charge is 0.189 e. The number of carbonyl (C=O) groups excluding carboxylic acids is 1. The third-order valence-corrected chi connectivity index (χ3v) is 3.83. The van der Waals surface area contributed by atoms with Crippen LogP contribution in [0, 0.1) is 24.1 Å². The number of rotatable bonds is 1. The molecule has 2 aromatic carbocycles. The summed E-state index contributed by atoms with van der Waals surface area (Å²) in [4.78, 5) is 12.4. The Bertz CT molecular complexity index is 810. The van der Waals surface area contributed by atoms with Crippen LogP contribution in [0.15, 0.2) is 42.0 Å². The van der Waals surface area contributed by atoms with Crippen molar-refractivity contribution in [3.63, 3.8) is 0 Å². The summed E-state index contributed by atoms with van der Waals surface area (Å²) in [6.45, 7) is 1.87. The highest BCUT2D eigenvalue weighted by atomic mass is 19.1. The maximum Gasteiger partial charge on any atom is 0.189 e. The third kappa shape index (κ3) is 2.25. The molecule has 0 aliphatic heterocycles. The van der Waals surface area contributed by atoms with Crippen LogP contribution >= 0.6 is 0 Å². The van der Waals surface area contributed by atoms with Crippen molar-refractivity contribution in [2.75, 3.05) is 0 Å². The minimum Gasteiger partial charge on any atom is -0.289 e. The fourth-order valence-corrected chi connectivity index (χ4v) is 2.64. The summed E-state index contributed by atoms with van der Waals surface area (Å²) in [7, 11) is 0. The molecule has 0 fully saturated rings. The van der Waals surface area contributed by atoms with Crippen LogP contribution in [0.1, 0.15) is 32.6 Å². The van der Waals surface area contributed by atoms with Crippen LogP contribution in [0.2, 0.25) is 0 Å². The number of ketones is 1. The van der Waals surface area contributed by atoms with E-state index in [1.54, 1.807) is 30.3 Å². The number of Topliss-reactive ketones (excluding diaryl/α,β-unsaturated/α-hetero) is 1. The van der Waals surface area contributed by atoms with Gasteiger partial charge in [-0.3, -0.25) is 4.79 Å². The highest BCUT2D eigenvalue weighted by Crippen LogP contribution is 2.31. The first kappa shape index (κ1) is 13.3. The van der Waals surface area contributed by atoms with Gasteiger partial charge >= 0.3 is 0 Å². The largest absolute Gasteiger partial charge is 0.289 e. The molecule has 0 unspecified atom stereocenters. The van der Waals surface area contributed by atoms with E-state index >= 15 is 0 Å². The molecule has 0 N–H and O–H groups in total. The molecule has 0 saturated carbocycles. The van der Waals surface area contributed by atoms with Crippen LogP contribution in [0.4, 0.5) is 4.39 Å². The van der Waals surface area contributed by atoms with Crippen molar-refractivity contribution >= 4 is 11.9 Å². The van der Waals surface area contributed by atoms with Crippen LogP contribution in [-0.4, -0.2) is 5.78 Å². The van der Waals surface area contributed by atoms with Crippen molar-refractivity contribution < 1.29 is 9.18 Å². The van der Waals surface area contributed by atoms with Crippen molar-refractivity contribution in [2.24, 2.45) is 0 Å². The minimum absolute atomic E-state index is 0.0121. The lowest BCUT2D eigenvalue weighted by Gasteiger charge is -2.03. The van der Waals surface area contributed by atoms with E-state index in [4.69, 9.17) is 5.26 Å². The number of halogens is 1. The average Bonchev–Trinajstić information content (AvgIpc) is 2.80. The Labute approximate surface area is 122 Å². The Balaban J connectivity index is 2.02. The second kappa shape index (κ2) is 4.99. The molecule has 0 amide bonds. The molecule has 0 aromatic heterocycles. The highest BCUT2D eigenvalue weighted by molar-refractivity contribution is 6.15. The molecule has 3 heteroatoms. The Morgan fingerprint density at radius 3 is 2.57 bits per heavy atom. The molecule has 102 valence electrons. The van der Waals surface area contributed by atoms with Gasteiger partial charge in [0.05, 0.1) is 11.6 Å². The molecule has 1 aliphatic rings. The van der Waals surface area contributed by atoms with Gasteiger partial charge in [-0.25, -0.2) is 4.39 Å². The van der Waals surface area contributed by atoms with Crippen molar-refractivity contribution in [2.45, 2.75) is 13.3 Å². The zero-order valence-corrected chi connectivity index (χ0v) is 11.5. The highest BCUT2D eigenvalue weighted by Gasteiger charge is 2.27. The number of hydrogen-bond donors (Lipinski definition) is 0. The zero-order valence-electron chi connectivity index (χ0n) is 11.5. The molecule has 1 aliphatic carbocycles. The molecule has 0 bridgehead atoms. The number of nitriles is 1. The van der Waals surface area contributed by atoms with E-state index in [1.165, 1.54) is 12.1 Å². The van der Waals surface area contributed by atoms with Crippen LogP contribution < -0.4 is 0 Å². The van der Waals surface area contributed by atoms with Gasteiger partial charge in [-0.15, -0.1) is 0 Å². The summed E-state index contributed by atoms with van der Waals surface area (Å²) in [5, 5.41) is 9.06. The quantitative estimate of drug-likeness (QED) is 0.743. The Kier molecular flexibility index (Phi) is 3.15. The minimum atomic E-state index is -0.298. The molecule has 21 heavy (non-hydrogen) atoms. The fraction of sp³-hybridized carbons (Fsp3) is 0.111. The number of allylic oxidation sites excluding steroid dienone is 1. The number of fused-ring (bicyclic) bond motifs is 1. The number of carbonyl (C=O) groups is 1. The van der Waals surface area contributed by atoms with E-state index in [-0.39, 0.29) is 11.6 Å². The van der Waals surface area contributed by atoms with Gasteiger partial charge in [-0.1, -0.05) is 12.1 Å². The van der Waals surface area contributed by atoms with Gasteiger partial charge in [-0.05, 0) is 54.0 Å². The molecular weight excluding hydrogens is 265 g/mol. The number of hydrogen-bond acceptors (Lipinski definition) is 2. The first-order valence-corrected chi connectivity index (χ1v) is 6.63. The lowest BCUT2D eigenvalue weighted by Crippen LogP contribution is -1.96. The first-order chi connectivity index (χ1) is 10.1. The van der Waals surface area contributed by atoms with Crippen molar-refractivity contribution in [1.29, 1.82) is 5.26 Å². The van der Waals surface area contributed by atoms with Crippen molar-refractivity contribution in [1.82, 2.24) is 0 Å². The predicted octanol–water partition coefficient (Wildman–Crippen LogP) is 3.83. The summed E-state index contributed by atoms with van der Waals surface area (Å²) in [5.41, 5.74) is 4.53. The summed E-state index contributed by atoms with van der Waals surface area (Å²) in [6, 6.07) is 11.6. The maximum atomic E-state index is 12.9. The fourth-order valence-electron chi connectivity index (χ4n) is 2.64. The Morgan fingerprint density at radius 1 is 1.19 bits per heavy atom. The molecule has 3 rings (SSSR count). The van der Waals surface area contributed by atoms with Gasteiger partial charge in [0.15, 0.2) is 5.78 Å². The summed E-state index contributed by atoms with van der Waals surface area (Å²) < 4.78 is 12.9.